The molecule has 2 rings (SSSR count). The molecule has 2 nitrogen and oxygen atoms in total. The highest BCUT2D eigenvalue weighted by Crippen LogP contribution is 2.36. The van der Waals surface area contributed by atoms with Crippen LogP contribution in [-0.4, -0.2) is 14.2 Å². The lowest BCUT2D eigenvalue weighted by atomic mass is 10.1. The second-order valence-electron chi connectivity index (χ2n) is 3.96. The van der Waals surface area contributed by atoms with E-state index in [0.29, 0.717) is 6.04 Å². The molecule has 0 aliphatic carbocycles. The summed E-state index contributed by atoms with van der Waals surface area (Å²) in [6.07, 6.45) is 0. The molecular formula is C13H17NOS. The van der Waals surface area contributed by atoms with Gasteiger partial charge in [0, 0.05) is 15.6 Å². The molecule has 0 saturated carbocycles. The van der Waals surface area contributed by atoms with Gasteiger partial charge in [-0.25, -0.2) is 0 Å². The maximum atomic E-state index is 5.25. The minimum atomic E-state index is 0.406. The van der Waals surface area contributed by atoms with Gasteiger partial charge < -0.3 is 10.1 Å². The Morgan fingerprint density at radius 3 is 2.75 bits per heavy atom. The van der Waals surface area contributed by atoms with Crippen LogP contribution in [0.1, 0.15) is 23.4 Å². The van der Waals surface area contributed by atoms with Crippen LogP contribution in [0.15, 0.2) is 18.2 Å². The van der Waals surface area contributed by atoms with Crippen LogP contribution >= 0.6 is 11.3 Å². The summed E-state index contributed by atoms with van der Waals surface area (Å²) in [7, 11) is 3.70. The van der Waals surface area contributed by atoms with Crippen molar-refractivity contribution < 1.29 is 4.74 Å². The van der Waals surface area contributed by atoms with Gasteiger partial charge in [0.2, 0.25) is 0 Å². The molecule has 1 unspecified atom stereocenters. The van der Waals surface area contributed by atoms with Gasteiger partial charge in [-0.1, -0.05) is 0 Å². The average molecular weight is 235 g/mol. The molecule has 0 aliphatic heterocycles. The summed E-state index contributed by atoms with van der Waals surface area (Å²) in [4.78, 5) is 1.41. The molecule has 1 aromatic carbocycles. The topological polar surface area (TPSA) is 21.3 Å². The maximum Gasteiger partial charge on any atom is 0.120 e. The molecule has 0 amide bonds. The second kappa shape index (κ2) is 4.44. The van der Waals surface area contributed by atoms with E-state index in [1.807, 2.05) is 24.5 Å². The first-order valence-electron chi connectivity index (χ1n) is 5.41. The molecule has 2 aromatic rings. The number of aryl methyl sites for hydroxylation is 1. The molecule has 1 heterocycles. The summed E-state index contributed by atoms with van der Waals surface area (Å²) < 4.78 is 6.55. The van der Waals surface area contributed by atoms with Gasteiger partial charge in [-0.05, 0) is 50.0 Å². The van der Waals surface area contributed by atoms with Gasteiger partial charge in [0.15, 0.2) is 0 Å². The molecule has 86 valence electrons. The summed E-state index contributed by atoms with van der Waals surface area (Å²) in [6.45, 7) is 4.38. The predicted molar refractivity (Wildman–Crippen MR) is 70.6 cm³/mol. The van der Waals surface area contributed by atoms with Crippen molar-refractivity contribution in [1.82, 2.24) is 5.32 Å². The summed E-state index contributed by atoms with van der Waals surface area (Å²) in [5.74, 6) is 0.928. The second-order valence-corrected chi connectivity index (χ2v) is 5.05. The van der Waals surface area contributed by atoms with Crippen LogP contribution in [0, 0.1) is 6.92 Å². The van der Waals surface area contributed by atoms with Crippen molar-refractivity contribution in [1.29, 1.82) is 0 Å². The van der Waals surface area contributed by atoms with Crippen LogP contribution in [0.2, 0.25) is 0 Å². The number of benzene rings is 1. The zero-order valence-electron chi connectivity index (χ0n) is 10.1. The van der Waals surface area contributed by atoms with Crippen LogP contribution in [0.5, 0.6) is 5.75 Å². The fourth-order valence-electron chi connectivity index (χ4n) is 1.90. The fourth-order valence-corrected chi connectivity index (χ4v) is 3.20. The molecule has 1 N–H and O–H groups in total. The largest absolute Gasteiger partial charge is 0.497 e. The Balaban J connectivity index is 2.58. The van der Waals surface area contributed by atoms with E-state index in [2.05, 4.69) is 31.3 Å². The van der Waals surface area contributed by atoms with Gasteiger partial charge >= 0.3 is 0 Å². The van der Waals surface area contributed by atoms with E-state index >= 15 is 0 Å². The van der Waals surface area contributed by atoms with Crippen molar-refractivity contribution in [2.24, 2.45) is 0 Å². The predicted octanol–water partition coefficient (Wildman–Crippen LogP) is 3.50. The minimum absolute atomic E-state index is 0.406. The highest BCUT2D eigenvalue weighted by Gasteiger charge is 2.13. The fraction of sp³-hybridized carbons (Fsp3) is 0.385. The molecule has 0 saturated heterocycles. The Morgan fingerprint density at radius 1 is 1.38 bits per heavy atom. The number of rotatable bonds is 3. The van der Waals surface area contributed by atoms with E-state index in [4.69, 9.17) is 4.74 Å². The van der Waals surface area contributed by atoms with Crippen LogP contribution in [0.25, 0.3) is 10.1 Å². The molecular weight excluding hydrogens is 218 g/mol. The minimum Gasteiger partial charge on any atom is -0.497 e. The highest BCUT2D eigenvalue weighted by molar-refractivity contribution is 7.19. The lowest BCUT2D eigenvalue weighted by Gasteiger charge is -2.08. The highest BCUT2D eigenvalue weighted by atomic mass is 32.1. The molecule has 0 radical (unpaired) electrons. The molecule has 16 heavy (non-hydrogen) atoms. The first kappa shape index (κ1) is 11.4. The van der Waals surface area contributed by atoms with Crippen molar-refractivity contribution in [2.75, 3.05) is 14.2 Å². The molecule has 1 aromatic heterocycles. The molecule has 0 spiro atoms. The molecule has 1 atom stereocenters. The van der Waals surface area contributed by atoms with E-state index in [9.17, 15) is 0 Å². The first-order valence-corrected chi connectivity index (χ1v) is 6.23. The Morgan fingerprint density at radius 2 is 2.12 bits per heavy atom. The van der Waals surface area contributed by atoms with Crippen molar-refractivity contribution in [3.05, 3.63) is 28.6 Å². The van der Waals surface area contributed by atoms with Crippen LogP contribution in [0.3, 0.4) is 0 Å². The van der Waals surface area contributed by atoms with E-state index in [1.54, 1.807) is 7.11 Å². The third-order valence-electron chi connectivity index (χ3n) is 3.01. The first-order chi connectivity index (χ1) is 7.67. The van der Waals surface area contributed by atoms with Crippen molar-refractivity contribution in [3.8, 4) is 5.75 Å². The van der Waals surface area contributed by atoms with Gasteiger partial charge in [-0.15, -0.1) is 11.3 Å². The lowest BCUT2D eigenvalue weighted by Crippen LogP contribution is -2.11. The van der Waals surface area contributed by atoms with Gasteiger partial charge in [0.05, 0.1) is 7.11 Å². The SMILES string of the molecule is CNC(C)c1sc2cc(OC)ccc2c1C. The van der Waals surface area contributed by atoms with Gasteiger partial charge in [-0.2, -0.15) is 0 Å². The van der Waals surface area contributed by atoms with E-state index in [-0.39, 0.29) is 0 Å². The summed E-state index contributed by atoms with van der Waals surface area (Å²) in [5, 5.41) is 4.63. The van der Waals surface area contributed by atoms with Gasteiger partial charge in [-0.3, -0.25) is 0 Å². The lowest BCUT2D eigenvalue weighted by molar-refractivity contribution is 0.415. The summed E-state index contributed by atoms with van der Waals surface area (Å²) in [5.41, 5.74) is 1.38. The Kier molecular flexibility index (Phi) is 3.17. The molecule has 0 fully saturated rings. The van der Waals surface area contributed by atoms with E-state index in [0.717, 1.165) is 5.75 Å². The van der Waals surface area contributed by atoms with Crippen LogP contribution < -0.4 is 10.1 Å². The van der Waals surface area contributed by atoms with Crippen LogP contribution in [0.4, 0.5) is 0 Å². The van der Waals surface area contributed by atoms with Crippen molar-refractivity contribution in [3.63, 3.8) is 0 Å². The number of ether oxygens (including phenoxy) is 1. The number of hydrogen-bond acceptors (Lipinski definition) is 3. The third-order valence-corrected chi connectivity index (χ3v) is 4.45. The Hall–Kier alpha value is -1.06. The Bertz CT molecular complexity index is 504. The summed E-state index contributed by atoms with van der Waals surface area (Å²) >= 11 is 1.84. The molecule has 0 aliphatic rings. The number of fused-ring (bicyclic) bond motifs is 1. The smallest absolute Gasteiger partial charge is 0.120 e. The van der Waals surface area contributed by atoms with Crippen molar-refractivity contribution >= 4 is 21.4 Å². The molecule has 0 bridgehead atoms. The van der Waals surface area contributed by atoms with E-state index < -0.39 is 0 Å². The standard InChI is InChI=1S/C13H17NOS/c1-8-11-6-5-10(15-4)7-12(11)16-13(8)9(2)14-3/h5-7,9,14H,1-4H3. The van der Waals surface area contributed by atoms with Gasteiger partial charge in [0.25, 0.3) is 0 Å². The number of nitrogens with one attached hydrogen (secondary N) is 1. The Labute approximate surface area is 100 Å². The zero-order chi connectivity index (χ0) is 11.7. The average Bonchev–Trinajstić information content (AvgIpc) is 2.65. The van der Waals surface area contributed by atoms with Crippen LogP contribution in [-0.2, 0) is 0 Å². The number of hydrogen-bond donors (Lipinski definition) is 1. The van der Waals surface area contributed by atoms with E-state index in [1.165, 1.54) is 20.5 Å². The normalized spacial score (nSPS) is 13.0. The van der Waals surface area contributed by atoms with Crippen molar-refractivity contribution in [2.45, 2.75) is 19.9 Å². The zero-order valence-corrected chi connectivity index (χ0v) is 10.9. The number of thiophene rings is 1. The maximum absolute atomic E-state index is 5.25. The quantitative estimate of drug-likeness (QED) is 0.879. The van der Waals surface area contributed by atoms with Gasteiger partial charge in [0.1, 0.15) is 5.75 Å². The summed E-state index contributed by atoms with van der Waals surface area (Å²) in [6, 6.07) is 6.68. The third kappa shape index (κ3) is 1.81. The number of methoxy groups -OCH3 is 1. The molecule has 3 heteroatoms. The monoisotopic (exact) mass is 235 g/mol.